The Bertz CT molecular complexity index is 473. The van der Waals surface area contributed by atoms with Gasteiger partial charge in [0.25, 0.3) is 5.91 Å². The second kappa shape index (κ2) is 5.17. The number of aryl methyl sites for hydroxylation is 1. The number of nitrogens with zero attached hydrogens (tertiary/aromatic N) is 1. The normalized spacial score (nSPS) is 29.5. The van der Waals surface area contributed by atoms with Crippen LogP contribution in [0.1, 0.15) is 43.1 Å². The monoisotopic (exact) mass is 281 g/mol. The van der Waals surface area contributed by atoms with Crippen molar-refractivity contribution < 1.29 is 4.79 Å². The molecule has 1 aromatic heterocycles. The third-order valence-electron chi connectivity index (χ3n) is 4.24. The predicted octanol–water partition coefficient (Wildman–Crippen LogP) is 2.17. The topological polar surface area (TPSA) is 46.1 Å². The van der Waals surface area contributed by atoms with Gasteiger partial charge < -0.3 is 15.2 Å². The van der Waals surface area contributed by atoms with Gasteiger partial charge in [0, 0.05) is 30.9 Å². The average molecular weight is 282 g/mol. The number of carbonyl (C=O) groups is 1. The van der Waals surface area contributed by atoms with Gasteiger partial charge in [-0.05, 0) is 38.7 Å². The van der Waals surface area contributed by atoms with Crippen molar-refractivity contribution in [3.8, 4) is 0 Å². The van der Waals surface area contributed by atoms with E-state index in [-0.39, 0.29) is 5.91 Å². The maximum atomic E-state index is 12.3. The van der Waals surface area contributed by atoms with Crippen LogP contribution in [0.4, 0.5) is 0 Å². The van der Waals surface area contributed by atoms with Crippen LogP contribution < -0.4 is 10.6 Å². The minimum Gasteiger partial charge on any atom is -0.348 e. The van der Waals surface area contributed by atoms with Crippen LogP contribution in [-0.4, -0.2) is 28.6 Å². The lowest BCUT2D eigenvalue weighted by atomic mass is 10.00. The first kappa shape index (κ1) is 13.0. The van der Waals surface area contributed by atoms with Gasteiger partial charge in [-0.25, -0.2) is 0 Å². The van der Waals surface area contributed by atoms with Crippen LogP contribution in [0.3, 0.4) is 0 Å². The zero-order valence-corrected chi connectivity index (χ0v) is 11.9. The first-order valence-corrected chi connectivity index (χ1v) is 7.46. The molecule has 2 fully saturated rings. The number of carbonyl (C=O) groups excluding carboxylic acids is 1. The number of aromatic nitrogens is 1. The summed E-state index contributed by atoms with van der Waals surface area (Å²) >= 11 is 5.98. The fourth-order valence-corrected chi connectivity index (χ4v) is 3.58. The summed E-state index contributed by atoms with van der Waals surface area (Å²) in [5.74, 6) is 0.0000463. The average Bonchev–Trinajstić information content (AvgIpc) is 2.92. The van der Waals surface area contributed by atoms with E-state index in [2.05, 4.69) is 10.6 Å². The van der Waals surface area contributed by atoms with Crippen molar-refractivity contribution in [3.63, 3.8) is 0 Å². The lowest BCUT2D eigenvalue weighted by Crippen LogP contribution is -2.48. The van der Waals surface area contributed by atoms with Crippen LogP contribution in [0.15, 0.2) is 12.3 Å². The van der Waals surface area contributed by atoms with E-state index in [1.54, 1.807) is 6.07 Å². The number of hydrogen-bond acceptors (Lipinski definition) is 2. The van der Waals surface area contributed by atoms with Gasteiger partial charge in [-0.1, -0.05) is 11.6 Å². The smallest absolute Gasteiger partial charge is 0.268 e. The minimum atomic E-state index is 0.0000463. The molecule has 0 saturated carbocycles. The second-order valence-electron chi connectivity index (χ2n) is 5.61. The number of halogens is 1. The lowest BCUT2D eigenvalue weighted by Gasteiger charge is -2.29. The summed E-state index contributed by atoms with van der Waals surface area (Å²) in [6.07, 6.45) is 6.39. The maximum absolute atomic E-state index is 12.3. The number of fused-ring (bicyclic) bond motifs is 2. The summed E-state index contributed by atoms with van der Waals surface area (Å²) in [5.41, 5.74) is 0.665. The molecule has 2 unspecified atom stereocenters. The number of piperidine rings is 1. The van der Waals surface area contributed by atoms with Crippen LogP contribution >= 0.6 is 11.6 Å². The van der Waals surface area contributed by atoms with Gasteiger partial charge >= 0.3 is 0 Å². The number of hydrogen-bond donors (Lipinski definition) is 2. The van der Waals surface area contributed by atoms with Gasteiger partial charge in [0.05, 0.1) is 5.02 Å². The van der Waals surface area contributed by atoms with Crippen molar-refractivity contribution in [2.45, 2.75) is 57.3 Å². The zero-order chi connectivity index (χ0) is 13.4. The first-order chi connectivity index (χ1) is 9.15. The molecule has 0 aliphatic carbocycles. The maximum Gasteiger partial charge on any atom is 0.268 e. The Labute approximate surface area is 118 Å². The molecule has 0 radical (unpaired) electrons. The molecule has 4 nitrogen and oxygen atoms in total. The standard InChI is InChI=1S/C14H20ClN3O/c1-2-18-8-9(15)5-13(18)14(19)17-12-6-10-3-4-11(7-12)16-10/h5,8,10-12,16H,2-4,6-7H2,1H3,(H,17,19). The Morgan fingerprint density at radius 2 is 2.16 bits per heavy atom. The molecule has 19 heavy (non-hydrogen) atoms. The van der Waals surface area contributed by atoms with Crippen molar-refractivity contribution in [2.75, 3.05) is 0 Å². The fraction of sp³-hybridized carbons (Fsp3) is 0.643. The SMILES string of the molecule is CCn1cc(Cl)cc1C(=O)NC1CC2CCC(C1)N2. The first-order valence-electron chi connectivity index (χ1n) is 7.08. The van der Waals surface area contributed by atoms with Gasteiger partial charge in [-0.3, -0.25) is 4.79 Å². The van der Waals surface area contributed by atoms with E-state index in [1.165, 1.54) is 12.8 Å². The van der Waals surface area contributed by atoms with Crippen LogP contribution in [0, 0.1) is 0 Å². The minimum absolute atomic E-state index is 0.0000463. The highest BCUT2D eigenvalue weighted by atomic mass is 35.5. The Morgan fingerprint density at radius 3 is 2.79 bits per heavy atom. The highest BCUT2D eigenvalue weighted by molar-refractivity contribution is 6.31. The quantitative estimate of drug-likeness (QED) is 0.892. The number of nitrogens with one attached hydrogen (secondary N) is 2. The summed E-state index contributed by atoms with van der Waals surface area (Å²) in [4.78, 5) is 12.3. The predicted molar refractivity (Wildman–Crippen MR) is 75.5 cm³/mol. The second-order valence-corrected chi connectivity index (χ2v) is 6.05. The zero-order valence-electron chi connectivity index (χ0n) is 11.2. The molecule has 1 amide bonds. The molecule has 0 aromatic carbocycles. The molecule has 2 N–H and O–H groups in total. The van der Waals surface area contributed by atoms with Crippen molar-refractivity contribution in [1.82, 2.24) is 15.2 Å². The summed E-state index contributed by atoms with van der Waals surface area (Å²) in [6.45, 7) is 2.77. The summed E-state index contributed by atoms with van der Waals surface area (Å²) in [7, 11) is 0. The molecular formula is C14H20ClN3O. The van der Waals surface area contributed by atoms with E-state index < -0.39 is 0 Å². The van der Waals surface area contributed by atoms with Crippen molar-refractivity contribution >= 4 is 17.5 Å². The molecule has 104 valence electrons. The molecule has 1 aromatic rings. The van der Waals surface area contributed by atoms with E-state index in [1.807, 2.05) is 17.7 Å². The van der Waals surface area contributed by atoms with Crippen LogP contribution in [0.5, 0.6) is 0 Å². The van der Waals surface area contributed by atoms with E-state index in [9.17, 15) is 4.79 Å². The van der Waals surface area contributed by atoms with E-state index in [4.69, 9.17) is 11.6 Å². The highest BCUT2D eigenvalue weighted by Crippen LogP contribution is 2.27. The van der Waals surface area contributed by atoms with E-state index >= 15 is 0 Å². The van der Waals surface area contributed by atoms with E-state index in [0.29, 0.717) is 28.8 Å². The van der Waals surface area contributed by atoms with Crippen molar-refractivity contribution in [3.05, 3.63) is 23.0 Å². The molecule has 5 heteroatoms. The van der Waals surface area contributed by atoms with Crippen molar-refractivity contribution in [2.24, 2.45) is 0 Å². The summed E-state index contributed by atoms with van der Waals surface area (Å²) in [6, 6.07) is 3.22. The molecule has 3 rings (SSSR count). The van der Waals surface area contributed by atoms with Gasteiger partial charge in [0.15, 0.2) is 0 Å². The van der Waals surface area contributed by atoms with Gasteiger partial charge in [-0.2, -0.15) is 0 Å². The van der Waals surface area contributed by atoms with Crippen LogP contribution in [0.2, 0.25) is 5.02 Å². The summed E-state index contributed by atoms with van der Waals surface area (Å²) < 4.78 is 1.90. The van der Waals surface area contributed by atoms with Gasteiger partial charge in [-0.15, -0.1) is 0 Å². The lowest BCUT2D eigenvalue weighted by molar-refractivity contribution is 0.0914. The third kappa shape index (κ3) is 2.65. The molecule has 2 saturated heterocycles. The van der Waals surface area contributed by atoms with Gasteiger partial charge in [0.1, 0.15) is 5.69 Å². The van der Waals surface area contributed by atoms with Crippen molar-refractivity contribution in [1.29, 1.82) is 0 Å². The molecule has 0 spiro atoms. The Hall–Kier alpha value is -1.00. The van der Waals surface area contributed by atoms with E-state index in [0.717, 1.165) is 19.4 Å². The van der Waals surface area contributed by atoms with Crippen LogP contribution in [0.25, 0.3) is 0 Å². The third-order valence-corrected chi connectivity index (χ3v) is 4.45. The number of amides is 1. The van der Waals surface area contributed by atoms with Crippen LogP contribution in [-0.2, 0) is 6.54 Å². The molecule has 3 heterocycles. The Kier molecular flexibility index (Phi) is 3.54. The molecule has 2 aliphatic heterocycles. The number of rotatable bonds is 3. The highest BCUT2D eigenvalue weighted by Gasteiger charge is 2.34. The van der Waals surface area contributed by atoms with Gasteiger partial charge in [0.2, 0.25) is 0 Å². The molecular weight excluding hydrogens is 262 g/mol. The molecule has 2 atom stereocenters. The Morgan fingerprint density at radius 1 is 1.47 bits per heavy atom. The largest absolute Gasteiger partial charge is 0.348 e. The summed E-state index contributed by atoms with van der Waals surface area (Å²) in [5, 5.41) is 7.37. The fourth-order valence-electron chi connectivity index (χ4n) is 3.36. The molecule has 2 aliphatic rings. The molecule has 2 bridgehead atoms. The Balaban J connectivity index is 1.67.